The number of nitro benzene ring substituents is 1. The summed E-state index contributed by atoms with van der Waals surface area (Å²) in [4.78, 5) is 22.0. The fraction of sp³-hybridized carbons (Fsp3) is 0.417. The highest BCUT2D eigenvalue weighted by molar-refractivity contribution is 5.94. The third kappa shape index (κ3) is 5.23. The largest absolute Gasteiger partial charge is 0.350 e. The molecule has 1 amide bonds. The van der Waals surface area contributed by atoms with E-state index in [1.807, 2.05) is 0 Å². The van der Waals surface area contributed by atoms with Crippen LogP contribution in [0.1, 0.15) is 29.8 Å². The average Bonchev–Trinajstić information content (AvgIpc) is 2.24. The van der Waals surface area contributed by atoms with Gasteiger partial charge >= 0.3 is 0 Å². The number of nitro groups is 1. The highest BCUT2D eigenvalue weighted by atomic mass is 35.5. The molecule has 7 heteroatoms. The molecule has 0 saturated heterocycles. The maximum absolute atomic E-state index is 11.8. The minimum atomic E-state index is -0.495. The zero-order valence-corrected chi connectivity index (χ0v) is 11.9. The van der Waals surface area contributed by atoms with Crippen molar-refractivity contribution in [1.29, 1.82) is 0 Å². The van der Waals surface area contributed by atoms with E-state index in [0.717, 1.165) is 0 Å². The van der Waals surface area contributed by atoms with Crippen LogP contribution in [0.25, 0.3) is 0 Å². The molecule has 0 fully saturated rings. The van der Waals surface area contributed by atoms with Crippen molar-refractivity contribution in [1.82, 2.24) is 5.32 Å². The Morgan fingerprint density at radius 2 is 2.05 bits per heavy atom. The molecule has 0 spiro atoms. The smallest absolute Gasteiger partial charge is 0.272 e. The van der Waals surface area contributed by atoms with Gasteiger partial charge in [0, 0.05) is 29.3 Å². The van der Waals surface area contributed by atoms with E-state index in [0.29, 0.717) is 17.7 Å². The molecule has 0 aliphatic heterocycles. The molecule has 0 unspecified atom stereocenters. The Labute approximate surface area is 117 Å². The van der Waals surface area contributed by atoms with Crippen molar-refractivity contribution in [3.63, 3.8) is 0 Å². The second kappa shape index (κ2) is 6.49. The molecule has 0 bridgehead atoms. The molecule has 0 aromatic heterocycles. The lowest BCUT2D eigenvalue weighted by Crippen LogP contribution is -2.45. The lowest BCUT2D eigenvalue weighted by Gasteiger charge is -2.18. The predicted molar refractivity (Wildman–Crippen MR) is 75.7 cm³/mol. The normalized spacial score (nSPS) is 10.5. The van der Waals surface area contributed by atoms with E-state index in [2.05, 4.69) is 5.32 Å². The fourth-order valence-corrected chi connectivity index (χ4v) is 1.41. The molecule has 0 heterocycles. The summed E-state index contributed by atoms with van der Waals surface area (Å²) >= 11 is 0. The van der Waals surface area contributed by atoms with Gasteiger partial charge in [-0.15, -0.1) is 12.4 Å². The van der Waals surface area contributed by atoms with E-state index in [1.165, 1.54) is 18.2 Å². The number of hydrogen-bond donors (Lipinski definition) is 2. The van der Waals surface area contributed by atoms with Crippen LogP contribution in [-0.2, 0) is 0 Å². The Bertz CT molecular complexity index is 484. The van der Waals surface area contributed by atoms with Gasteiger partial charge in [0.25, 0.3) is 11.6 Å². The van der Waals surface area contributed by atoms with Gasteiger partial charge in [-0.05, 0) is 32.9 Å². The average molecular weight is 288 g/mol. The molecular formula is C12H18ClN3O3. The Balaban J connectivity index is 0.00000324. The first kappa shape index (κ1) is 17.3. The van der Waals surface area contributed by atoms with Crippen LogP contribution in [0.15, 0.2) is 18.2 Å². The number of hydrogen-bond acceptors (Lipinski definition) is 4. The second-order valence-corrected chi connectivity index (χ2v) is 4.93. The molecule has 19 heavy (non-hydrogen) atoms. The minimum Gasteiger partial charge on any atom is -0.350 e. The monoisotopic (exact) mass is 287 g/mol. The first-order chi connectivity index (χ1) is 8.20. The van der Waals surface area contributed by atoms with E-state index in [9.17, 15) is 14.9 Å². The van der Waals surface area contributed by atoms with Gasteiger partial charge in [-0.2, -0.15) is 0 Å². The lowest BCUT2D eigenvalue weighted by atomic mass is 10.1. The van der Waals surface area contributed by atoms with E-state index < -0.39 is 10.5 Å². The van der Waals surface area contributed by atoms with Crippen molar-refractivity contribution in [2.75, 3.05) is 6.54 Å². The van der Waals surface area contributed by atoms with Crippen LogP contribution in [-0.4, -0.2) is 22.9 Å². The third-order valence-electron chi connectivity index (χ3n) is 2.36. The van der Waals surface area contributed by atoms with E-state index in [1.54, 1.807) is 20.8 Å². The van der Waals surface area contributed by atoms with Crippen LogP contribution in [0.3, 0.4) is 0 Å². The number of amides is 1. The summed E-state index contributed by atoms with van der Waals surface area (Å²) in [5.74, 6) is -0.286. The molecular weight excluding hydrogens is 270 g/mol. The van der Waals surface area contributed by atoms with Crippen molar-refractivity contribution >= 4 is 24.0 Å². The fourth-order valence-electron chi connectivity index (χ4n) is 1.41. The number of carbonyl (C=O) groups excluding carboxylic acids is 1. The summed E-state index contributed by atoms with van der Waals surface area (Å²) in [7, 11) is 0. The van der Waals surface area contributed by atoms with Crippen LogP contribution in [0.2, 0.25) is 0 Å². The summed E-state index contributed by atoms with van der Waals surface area (Å²) in [5, 5.41) is 13.3. The lowest BCUT2D eigenvalue weighted by molar-refractivity contribution is -0.385. The molecule has 1 aromatic rings. The van der Waals surface area contributed by atoms with Gasteiger partial charge in [-0.1, -0.05) is 0 Å². The zero-order valence-electron chi connectivity index (χ0n) is 11.1. The first-order valence-electron chi connectivity index (χ1n) is 5.53. The minimum absolute atomic E-state index is 0. The standard InChI is InChI=1S/C12H17N3O3.ClH/c1-8-6-9(4-5-10(8)15(17)18)11(16)14-7-12(2,3)13;/h4-6H,7,13H2,1-3H3,(H,14,16);1H. The predicted octanol–water partition coefficient (Wildman–Crippen LogP) is 1.79. The van der Waals surface area contributed by atoms with Crippen molar-refractivity contribution in [2.45, 2.75) is 26.3 Å². The highest BCUT2D eigenvalue weighted by Crippen LogP contribution is 2.18. The quantitative estimate of drug-likeness (QED) is 0.651. The summed E-state index contributed by atoms with van der Waals surface area (Å²) in [6.45, 7) is 5.53. The van der Waals surface area contributed by atoms with Gasteiger partial charge in [-0.3, -0.25) is 14.9 Å². The third-order valence-corrected chi connectivity index (χ3v) is 2.36. The summed E-state index contributed by atoms with van der Waals surface area (Å²) < 4.78 is 0. The van der Waals surface area contributed by atoms with Gasteiger partial charge in [0.05, 0.1) is 4.92 Å². The Hall–Kier alpha value is -1.66. The van der Waals surface area contributed by atoms with Crippen molar-refractivity contribution < 1.29 is 9.72 Å². The molecule has 0 aliphatic rings. The maximum atomic E-state index is 11.8. The van der Waals surface area contributed by atoms with Crippen LogP contribution in [0, 0.1) is 17.0 Å². The van der Waals surface area contributed by atoms with Gasteiger partial charge in [0.15, 0.2) is 0 Å². The van der Waals surface area contributed by atoms with Gasteiger partial charge in [-0.25, -0.2) is 0 Å². The molecule has 0 saturated carbocycles. The van der Waals surface area contributed by atoms with E-state index in [-0.39, 0.29) is 24.0 Å². The molecule has 106 valence electrons. The van der Waals surface area contributed by atoms with Gasteiger partial charge in [0.2, 0.25) is 0 Å². The molecule has 0 radical (unpaired) electrons. The van der Waals surface area contributed by atoms with Crippen LogP contribution in [0.4, 0.5) is 5.69 Å². The second-order valence-electron chi connectivity index (χ2n) is 4.93. The summed E-state index contributed by atoms with van der Waals surface area (Å²) in [6.07, 6.45) is 0. The van der Waals surface area contributed by atoms with Gasteiger partial charge in [0.1, 0.15) is 0 Å². The summed E-state index contributed by atoms with van der Waals surface area (Å²) in [6, 6.07) is 4.26. The maximum Gasteiger partial charge on any atom is 0.272 e. The Morgan fingerprint density at radius 1 is 1.47 bits per heavy atom. The zero-order chi connectivity index (χ0) is 13.9. The first-order valence-corrected chi connectivity index (χ1v) is 5.53. The Kier molecular flexibility index (Phi) is 5.92. The number of nitrogens with zero attached hydrogens (tertiary/aromatic N) is 1. The molecule has 3 N–H and O–H groups in total. The van der Waals surface area contributed by atoms with E-state index >= 15 is 0 Å². The highest BCUT2D eigenvalue weighted by Gasteiger charge is 2.16. The number of carbonyl (C=O) groups is 1. The van der Waals surface area contributed by atoms with Crippen LogP contribution < -0.4 is 11.1 Å². The number of nitrogens with one attached hydrogen (secondary N) is 1. The van der Waals surface area contributed by atoms with Crippen molar-refractivity contribution in [3.8, 4) is 0 Å². The molecule has 0 aliphatic carbocycles. The molecule has 0 atom stereocenters. The molecule has 6 nitrogen and oxygen atoms in total. The van der Waals surface area contributed by atoms with Crippen molar-refractivity contribution in [3.05, 3.63) is 39.4 Å². The number of benzene rings is 1. The SMILES string of the molecule is Cc1cc(C(=O)NCC(C)(C)N)ccc1[N+](=O)[O-].Cl. The number of nitrogens with two attached hydrogens (primary N) is 1. The number of aryl methyl sites for hydroxylation is 1. The molecule has 1 aromatic carbocycles. The van der Waals surface area contributed by atoms with Crippen LogP contribution >= 0.6 is 12.4 Å². The van der Waals surface area contributed by atoms with E-state index in [4.69, 9.17) is 5.73 Å². The molecule has 1 rings (SSSR count). The van der Waals surface area contributed by atoms with Crippen molar-refractivity contribution in [2.24, 2.45) is 5.73 Å². The number of rotatable bonds is 4. The summed E-state index contributed by atoms with van der Waals surface area (Å²) in [5.41, 5.74) is 6.11. The van der Waals surface area contributed by atoms with Gasteiger partial charge < -0.3 is 11.1 Å². The Morgan fingerprint density at radius 3 is 2.47 bits per heavy atom. The van der Waals surface area contributed by atoms with Crippen LogP contribution in [0.5, 0.6) is 0 Å². The topological polar surface area (TPSA) is 98.3 Å². The number of halogens is 1.